The summed E-state index contributed by atoms with van der Waals surface area (Å²) in [6.45, 7) is 5.26. The van der Waals surface area contributed by atoms with E-state index in [4.69, 9.17) is 4.74 Å². The highest BCUT2D eigenvalue weighted by Gasteiger charge is 2.46. The number of hydrogen-bond donors (Lipinski definition) is 2. The number of amides is 3. The highest BCUT2D eigenvalue weighted by atomic mass is 32.2. The van der Waals surface area contributed by atoms with E-state index >= 15 is 0 Å². The quantitative estimate of drug-likeness (QED) is 0.660. The Morgan fingerprint density at radius 2 is 2.07 bits per heavy atom. The van der Waals surface area contributed by atoms with Crippen molar-refractivity contribution in [3.63, 3.8) is 0 Å². The summed E-state index contributed by atoms with van der Waals surface area (Å²) >= 11 is 0. The van der Waals surface area contributed by atoms with Crippen LogP contribution in [0, 0.1) is 0 Å². The molecule has 2 atom stereocenters. The Bertz CT molecular complexity index is 903. The predicted octanol–water partition coefficient (Wildman–Crippen LogP) is 0.465. The second kappa shape index (κ2) is 7.34. The Kier molecular flexibility index (Phi) is 5.39. The molecule has 0 saturated carbocycles. The molecule has 9 nitrogen and oxygen atoms in total. The van der Waals surface area contributed by atoms with Crippen LogP contribution in [0.3, 0.4) is 0 Å². The molecule has 0 spiro atoms. The first-order chi connectivity index (χ1) is 13.1. The van der Waals surface area contributed by atoms with Gasteiger partial charge in [-0.3, -0.25) is 10.1 Å². The van der Waals surface area contributed by atoms with Gasteiger partial charge in [0.1, 0.15) is 11.3 Å². The standard InChI is InChI=1S/C18H26N4O5S/c1-5-21(3)12-8-9-22(11-12)28(25,26)13-6-7-15(27-4)14(10-13)18(2)16(23)19-17(24)20-18/h6-7,10,12H,5,8-9,11H2,1-4H3,(H2,19,20,23,24)/t12-,18-/m0/s1. The van der Waals surface area contributed by atoms with Crippen LogP contribution in [-0.4, -0.2) is 69.4 Å². The fourth-order valence-corrected chi connectivity index (χ4v) is 5.19. The smallest absolute Gasteiger partial charge is 0.322 e. The van der Waals surface area contributed by atoms with E-state index in [1.807, 2.05) is 14.0 Å². The van der Waals surface area contributed by atoms with E-state index in [9.17, 15) is 18.0 Å². The molecule has 154 valence electrons. The lowest BCUT2D eigenvalue weighted by atomic mass is 9.91. The Balaban J connectivity index is 1.98. The number of nitrogens with one attached hydrogen (secondary N) is 2. The second-order valence-corrected chi connectivity index (χ2v) is 9.21. The van der Waals surface area contributed by atoms with Gasteiger partial charge in [0.15, 0.2) is 0 Å². The molecule has 0 unspecified atom stereocenters. The zero-order chi connectivity index (χ0) is 20.7. The van der Waals surface area contributed by atoms with Crippen LogP contribution < -0.4 is 15.4 Å². The normalized spacial score (nSPS) is 25.8. The maximum absolute atomic E-state index is 13.2. The van der Waals surface area contributed by atoms with Gasteiger partial charge in [0, 0.05) is 24.7 Å². The van der Waals surface area contributed by atoms with Crippen LogP contribution in [0.1, 0.15) is 25.8 Å². The van der Waals surface area contributed by atoms with Gasteiger partial charge in [0.25, 0.3) is 5.91 Å². The van der Waals surface area contributed by atoms with Gasteiger partial charge in [-0.15, -0.1) is 0 Å². The van der Waals surface area contributed by atoms with Crippen LogP contribution in [0.25, 0.3) is 0 Å². The van der Waals surface area contributed by atoms with E-state index in [2.05, 4.69) is 15.5 Å². The maximum atomic E-state index is 13.2. The molecule has 0 bridgehead atoms. The minimum Gasteiger partial charge on any atom is -0.496 e. The highest BCUT2D eigenvalue weighted by molar-refractivity contribution is 7.89. The van der Waals surface area contributed by atoms with Crippen LogP contribution in [0.2, 0.25) is 0 Å². The average Bonchev–Trinajstić information content (AvgIpc) is 3.26. The number of sulfonamides is 1. The van der Waals surface area contributed by atoms with Crippen molar-refractivity contribution in [2.24, 2.45) is 0 Å². The molecule has 2 saturated heterocycles. The summed E-state index contributed by atoms with van der Waals surface area (Å²) in [6.07, 6.45) is 0.767. The molecule has 2 heterocycles. The third-order valence-electron chi connectivity index (χ3n) is 5.64. The van der Waals surface area contributed by atoms with E-state index in [0.29, 0.717) is 24.4 Å². The highest BCUT2D eigenvalue weighted by Crippen LogP contribution is 2.35. The SMILES string of the molecule is CCN(C)[C@H]1CCN(S(=O)(=O)c2ccc(OC)c([C@]3(C)NC(=O)NC3=O)c2)C1. The molecule has 3 amide bonds. The predicted molar refractivity (Wildman–Crippen MR) is 102 cm³/mol. The molecule has 0 radical (unpaired) electrons. The number of urea groups is 1. The molecule has 1 aromatic rings. The summed E-state index contributed by atoms with van der Waals surface area (Å²) in [6, 6.07) is 3.93. The first kappa shape index (κ1) is 20.6. The summed E-state index contributed by atoms with van der Waals surface area (Å²) < 4.78 is 33.2. The van der Waals surface area contributed by atoms with E-state index < -0.39 is 27.5 Å². The first-order valence-corrected chi connectivity index (χ1v) is 10.6. The van der Waals surface area contributed by atoms with Crippen LogP contribution >= 0.6 is 0 Å². The van der Waals surface area contributed by atoms with Crippen molar-refractivity contribution in [1.29, 1.82) is 0 Å². The Morgan fingerprint density at radius 1 is 1.36 bits per heavy atom. The number of hydrogen-bond acceptors (Lipinski definition) is 6. The number of benzene rings is 1. The zero-order valence-electron chi connectivity index (χ0n) is 16.5. The van der Waals surface area contributed by atoms with Crippen LogP contribution in [0.15, 0.2) is 23.1 Å². The summed E-state index contributed by atoms with van der Waals surface area (Å²) in [4.78, 5) is 26.2. The van der Waals surface area contributed by atoms with E-state index in [0.717, 1.165) is 13.0 Å². The van der Waals surface area contributed by atoms with Gasteiger partial charge in [0.05, 0.1) is 12.0 Å². The Hall–Kier alpha value is -2.17. The molecule has 2 N–H and O–H groups in total. The molecule has 0 aliphatic carbocycles. The molecular formula is C18H26N4O5S. The summed E-state index contributed by atoms with van der Waals surface area (Å²) in [5.41, 5.74) is -1.12. The molecule has 28 heavy (non-hydrogen) atoms. The number of likely N-dealkylation sites (N-methyl/N-ethyl adjacent to an activating group) is 1. The fourth-order valence-electron chi connectivity index (χ4n) is 3.67. The van der Waals surface area contributed by atoms with Crippen molar-refractivity contribution in [3.05, 3.63) is 23.8 Å². The van der Waals surface area contributed by atoms with Gasteiger partial charge in [-0.05, 0) is 45.1 Å². The molecule has 0 aromatic heterocycles. The number of methoxy groups -OCH3 is 1. The second-order valence-electron chi connectivity index (χ2n) is 7.27. The number of ether oxygens (including phenoxy) is 1. The van der Waals surface area contributed by atoms with Crippen LogP contribution in [0.4, 0.5) is 4.79 Å². The summed E-state index contributed by atoms with van der Waals surface area (Å²) in [7, 11) is -0.334. The van der Waals surface area contributed by atoms with Gasteiger partial charge >= 0.3 is 6.03 Å². The minimum absolute atomic E-state index is 0.0678. The van der Waals surface area contributed by atoms with Crippen molar-refractivity contribution in [1.82, 2.24) is 19.8 Å². The van der Waals surface area contributed by atoms with Crippen molar-refractivity contribution in [3.8, 4) is 5.75 Å². The van der Waals surface area contributed by atoms with Gasteiger partial charge in [0.2, 0.25) is 10.0 Å². The van der Waals surface area contributed by atoms with E-state index in [1.54, 1.807) is 0 Å². The first-order valence-electron chi connectivity index (χ1n) is 9.16. The van der Waals surface area contributed by atoms with Gasteiger partial charge < -0.3 is 15.0 Å². The lowest BCUT2D eigenvalue weighted by Crippen LogP contribution is -2.41. The van der Waals surface area contributed by atoms with E-state index in [-0.39, 0.29) is 10.9 Å². The molecular weight excluding hydrogens is 384 g/mol. The molecule has 1 aromatic carbocycles. The van der Waals surface area contributed by atoms with Crippen LogP contribution in [-0.2, 0) is 20.4 Å². The topological polar surface area (TPSA) is 108 Å². The zero-order valence-corrected chi connectivity index (χ0v) is 17.3. The molecule has 3 rings (SSSR count). The largest absolute Gasteiger partial charge is 0.496 e. The Morgan fingerprint density at radius 3 is 2.64 bits per heavy atom. The lowest BCUT2D eigenvalue weighted by molar-refractivity contribution is -0.123. The molecule has 2 aliphatic heterocycles. The maximum Gasteiger partial charge on any atom is 0.322 e. The molecule has 2 fully saturated rings. The van der Waals surface area contributed by atoms with Crippen molar-refractivity contribution >= 4 is 22.0 Å². The van der Waals surface area contributed by atoms with Crippen molar-refractivity contribution in [2.45, 2.75) is 36.7 Å². The lowest BCUT2D eigenvalue weighted by Gasteiger charge is -2.25. The summed E-state index contributed by atoms with van der Waals surface area (Å²) in [5.74, 6) is -0.236. The molecule has 2 aliphatic rings. The Labute approximate surface area is 165 Å². The number of nitrogens with zero attached hydrogens (tertiary/aromatic N) is 2. The monoisotopic (exact) mass is 410 g/mol. The number of imide groups is 1. The van der Waals surface area contributed by atoms with Crippen molar-refractivity contribution < 1.29 is 22.7 Å². The van der Waals surface area contributed by atoms with Gasteiger partial charge in [-0.2, -0.15) is 4.31 Å². The summed E-state index contributed by atoms with van der Waals surface area (Å²) in [5, 5.41) is 4.74. The number of carbonyl (C=O) groups is 2. The average molecular weight is 410 g/mol. The third-order valence-corrected chi connectivity index (χ3v) is 7.50. The number of carbonyl (C=O) groups excluding carboxylic acids is 2. The van der Waals surface area contributed by atoms with Gasteiger partial charge in [-0.25, -0.2) is 13.2 Å². The number of rotatable bonds is 6. The third kappa shape index (κ3) is 3.36. The molecule has 10 heteroatoms. The van der Waals surface area contributed by atoms with Crippen LogP contribution in [0.5, 0.6) is 5.75 Å². The van der Waals surface area contributed by atoms with Crippen molar-refractivity contribution in [2.75, 3.05) is 33.8 Å². The van der Waals surface area contributed by atoms with E-state index in [1.165, 1.54) is 36.5 Å². The fraction of sp³-hybridized carbons (Fsp3) is 0.556. The minimum atomic E-state index is -3.74. The van der Waals surface area contributed by atoms with Gasteiger partial charge in [-0.1, -0.05) is 6.92 Å².